The molecule has 2 rings (SSSR count). The second kappa shape index (κ2) is 6.93. The molecule has 3 nitrogen and oxygen atoms in total. The van der Waals surface area contributed by atoms with E-state index >= 15 is 0 Å². The molecule has 92 valence electrons. The van der Waals surface area contributed by atoms with Gasteiger partial charge in [-0.05, 0) is 22.0 Å². The van der Waals surface area contributed by atoms with Crippen LogP contribution < -0.4 is 4.18 Å². The molecule has 0 aromatic carbocycles. The molecule has 17 heavy (non-hydrogen) atoms. The first-order chi connectivity index (χ1) is 8.20. The summed E-state index contributed by atoms with van der Waals surface area (Å²) in [5.41, 5.74) is 0.609. The Labute approximate surface area is 117 Å². The zero-order valence-corrected chi connectivity index (χ0v) is 12.4. The van der Waals surface area contributed by atoms with E-state index in [0.29, 0.717) is 20.2 Å². The van der Waals surface area contributed by atoms with E-state index in [0.717, 1.165) is 6.20 Å². The SMILES string of the molecule is CC.Fc1cncc(-c2nc(Br)c(OS)s2)c1. The van der Waals surface area contributed by atoms with E-state index in [4.69, 9.17) is 4.18 Å². The average molecular weight is 337 g/mol. The number of nitrogens with zero attached hydrogens (tertiary/aromatic N) is 2. The molecular weight excluding hydrogens is 327 g/mol. The number of thiazole rings is 1. The summed E-state index contributed by atoms with van der Waals surface area (Å²) in [5, 5.41) is 1.15. The van der Waals surface area contributed by atoms with Crippen LogP contribution in [0.25, 0.3) is 10.6 Å². The molecule has 0 saturated carbocycles. The maximum Gasteiger partial charge on any atom is 0.225 e. The van der Waals surface area contributed by atoms with Crippen molar-refractivity contribution in [3.63, 3.8) is 0 Å². The molecule has 0 radical (unpaired) electrons. The largest absolute Gasteiger partial charge is 0.415 e. The van der Waals surface area contributed by atoms with E-state index in [9.17, 15) is 4.39 Å². The van der Waals surface area contributed by atoms with E-state index in [1.54, 1.807) is 0 Å². The molecule has 2 heterocycles. The molecule has 0 N–H and O–H groups in total. The average Bonchev–Trinajstić information content (AvgIpc) is 2.73. The van der Waals surface area contributed by atoms with Crippen LogP contribution in [0.5, 0.6) is 5.06 Å². The van der Waals surface area contributed by atoms with E-state index in [1.807, 2.05) is 13.8 Å². The number of aromatic nitrogens is 2. The van der Waals surface area contributed by atoms with Crippen LogP contribution in [0, 0.1) is 5.82 Å². The van der Waals surface area contributed by atoms with Crippen molar-refractivity contribution < 1.29 is 8.57 Å². The Kier molecular flexibility index (Phi) is 5.87. The van der Waals surface area contributed by atoms with Crippen LogP contribution in [0.2, 0.25) is 0 Å². The Morgan fingerprint density at radius 1 is 1.41 bits per heavy atom. The minimum Gasteiger partial charge on any atom is -0.415 e. The van der Waals surface area contributed by atoms with Crippen LogP contribution >= 0.6 is 40.2 Å². The van der Waals surface area contributed by atoms with Crippen molar-refractivity contribution in [3.8, 4) is 15.6 Å². The van der Waals surface area contributed by atoms with Gasteiger partial charge < -0.3 is 4.18 Å². The quantitative estimate of drug-likeness (QED) is 0.653. The van der Waals surface area contributed by atoms with E-state index in [-0.39, 0.29) is 0 Å². The van der Waals surface area contributed by atoms with Crippen LogP contribution in [0.4, 0.5) is 4.39 Å². The standard InChI is InChI=1S/C8H4BrFN2OS2.C2H6/c9-6-8(13-14)15-7(12-6)4-1-5(10)3-11-2-4;1-2/h1-3,14H;1-2H3. The summed E-state index contributed by atoms with van der Waals surface area (Å²) in [7, 11) is 0. The van der Waals surface area contributed by atoms with E-state index < -0.39 is 5.82 Å². The summed E-state index contributed by atoms with van der Waals surface area (Å²) in [6.45, 7) is 4.00. The summed E-state index contributed by atoms with van der Waals surface area (Å²) in [6.07, 6.45) is 2.68. The second-order valence-electron chi connectivity index (χ2n) is 2.58. The second-order valence-corrected chi connectivity index (χ2v) is 4.48. The van der Waals surface area contributed by atoms with Crippen molar-refractivity contribution >= 4 is 40.2 Å². The predicted molar refractivity (Wildman–Crippen MR) is 74.0 cm³/mol. The smallest absolute Gasteiger partial charge is 0.225 e. The molecule has 0 unspecified atom stereocenters. The van der Waals surface area contributed by atoms with Gasteiger partial charge in [-0.2, -0.15) is 0 Å². The highest BCUT2D eigenvalue weighted by atomic mass is 79.9. The number of hydrogen-bond acceptors (Lipinski definition) is 5. The summed E-state index contributed by atoms with van der Waals surface area (Å²) < 4.78 is 18.2. The van der Waals surface area contributed by atoms with Gasteiger partial charge in [0.05, 0.1) is 6.20 Å². The first kappa shape index (κ1) is 14.4. The zero-order chi connectivity index (χ0) is 12.8. The fourth-order valence-electron chi connectivity index (χ4n) is 0.996. The lowest BCUT2D eigenvalue weighted by Gasteiger charge is -1.93. The highest BCUT2D eigenvalue weighted by molar-refractivity contribution is 9.10. The fraction of sp³-hybridized carbons (Fsp3) is 0.200. The normalized spacial score (nSPS) is 9.47. The highest BCUT2D eigenvalue weighted by Crippen LogP contribution is 2.37. The van der Waals surface area contributed by atoms with Crippen LogP contribution in [-0.2, 0) is 0 Å². The summed E-state index contributed by atoms with van der Waals surface area (Å²) in [6, 6.07) is 1.36. The Morgan fingerprint density at radius 3 is 2.65 bits per heavy atom. The molecule has 2 aromatic rings. The molecule has 0 bridgehead atoms. The molecule has 0 amide bonds. The van der Waals surface area contributed by atoms with Gasteiger partial charge in [0.1, 0.15) is 10.8 Å². The van der Waals surface area contributed by atoms with Gasteiger partial charge in [-0.15, -0.1) is 0 Å². The van der Waals surface area contributed by atoms with Crippen LogP contribution in [-0.4, -0.2) is 9.97 Å². The number of hydrogen-bond donors (Lipinski definition) is 1. The predicted octanol–water partition coefficient (Wildman–Crippen LogP) is 4.36. The lowest BCUT2D eigenvalue weighted by molar-refractivity contribution is 0.622. The fourth-order valence-corrected chi connectivity index (χ4v) is 2.65. The number of halogens is 2. The summed E-state index contributed by atoms with van der Waals surface area (Å²) in [5.74, 6) is -0.396. The Morgan fingerprint density at radius 2 is 2.12 bits per heavy atom. The molecular formula is C10H10BrFN2OS2. The summed E-state index contributed by atoms with van der Waals surface area (Å²) in [4.78, 5) is 7.89. The minimum absolute atomic E-state index is 0.396. The molecule has 7 heteroatoms. The van der Waals surface area contributed by atoms with Gasteiger partial charge in [-0.1, -0.05) is 25.2 Å². The van der Waals surface area contributed by atoms with E-state index in [2.05, 4.69) is 38.8 Å². The van der Waals surface area contributed by atoms with E-state index in [1.165, 1.54) is 23.6 Å². The van der Waals surface area contributed by atoms with Crippen molar-refractivity contribution in [1.82, 2.24) is 9.97 Å². The first-order valence-corrected chi connectivity index (χ1v) is 6.77. The molecule has 0 aliphatic carbocycles. The minimum atomic E-state index is -0.396. The monoisotopic (exact) mass is 336 g/mol. The lowest BCUT2D eigenvalue weighted by atomic mass is 10.3. The number of rotatable bonds is 2. The van der Waals surface area contributed by atoms with Crippen molar-refractivity contribution in [2.45, 2.75) is 13.8 Å². The third-order valence-corrected chi connectivity index (χ3v) is 3.68. The maximum absolute atomic E-state index is 12.9. The number of pyridine rings is 1. The van der Waals surface area contributed by atoms with Crippen molar-refractivity contribution in [1.29, 1.82) is 0 Å². The first-order valence-electron chi connectivity index (χ1n) is 4.79. The van der Waals surface area contributed by atoms with Crippen LogP contribution in [0.3, 0.4) is 0 Å². The van der Waals surface area contributed by atoms with Gasteiger partial charge in [-0.3, -0.25) is 4.98 Å². The van der Waals surface area contributed by atoms with Gasteiger partial charge in [0.15, 0.2) is 4.60 Å². The molecule has 0 saturated heterocycles. The Hall–Kier alpha value is -0.660. The Bertz CT molecular complexity index is 493. The highest BCUT2D eigenvalue weighted by Gasteiger charge is 2.11. The maximum atomic E-state index is 12.9. The molecule has 0 aliphatic rings. The lowest BCUT2D eigenvalue weighted by Crippen LogP contribution is -1.81. The molecule has 0 spiro atoms. The molecule has 2 aromatic heterocycles. The van der Waals surface area contributed by atoms with Crippen LogP contribution in [0.1, 0.15) is 13.8 Å². The van der Waals surface area contributed by atoms with Crippen LogP contribution in [0.15, 0.2) is 23.1 Å². The van der Waals surface area contributed by atoms with Gasteiger partial charge in [0.2, 0.25) is 5.06 Å². The topological polar surface area (TPSA) is 35.0 Å². The van der Waals surface area contributed by atoms with Gasteiger partial charge in [0.25, 0.3) is 0 Å². The Balaban J connectivity index is 0.000000686. The van der Waals surface area contributed by atoms with Crippen molar-refractivity contribution in [2.24, 2.45) is 0 Å². The molecule has 0 fully saturated rings. The summed E-state index contributed by atoms with van der Waals surface area (Å²) >= 11 is 8.14. The van der Waals surface area contributed by atoms with Crippen molar-refractivity contribution in [3.05, 3.63) is 28.9 Å². The molecule has 0 atom stereocenters. The van der Waals surface area contributed by atoms with Gasteiger partial charge in [0, 0.05) is 24.7 Å². The third-order valence-electron chi connectivity index (χ3n) is 1.59. The third kappa shape index (κ3) is 3.65. The van der Waals surface area contributed by atoms with Gasteiger partial charge >= 0.3 is 0 Å². The zero-order valence-electron chi connectivity index (χ0n) is 9.15. The van der Waals surface area contributed by atoms with Gasteiger partial charge in [-0.25, -0.2) is 9.37 Å². The van der Waals surface area contributed by atoms with Crippen molar-refractivity contribution in [2.75, 3.05) is 0 Å². The number of thiol groups is 1. The molecule has 0 aliphatic heterocycles.